The van der Waals surface area contributed by atoms with Crippen molar-refractivity contribution in [2.24, 2.45) is 0 Å². The summed E-state index contributed by atoms with van der Waals surface area (Å²) in [6.07, 6.45) is 43.4. The van der Waals surface area contributed by atoms with Gasteiger partial charge >= 0.3 is 23.9 Å². The molecule has 0 aliphatic carbocycles. The minimum absolute atomic E-state index is 0.0647. The number of carbonyl (C=O) groups excluding carboxylic acids is 3. The first-order chi connectivity index (χ1) is 33.6. The number of unbranched alkanes of at least 4 members (excludes halogenated alkanes) is 18. The molecule has 0 amide bonds. The number of esters is 3. The molecule has 6 unspecified atom stereocenters. The van der Waals surface area contributed by atoms with Crippen LogP contribution in [0, 0.1) is 0 Å². The number of aliphatic hydroxyl groups excluding tert-OH is 2. The van der Waals surface area contributed by atoms with Crippen LogP contribution in [-0.4, -0.2) is 89.2 Å². The summed E-state index contributed by atoms with van der Waals surface area (Å²) in [6, 6.07) is 0. The summed E-state index contributed by atoms with van der Waals surface area (Å²) in [5.41, 5.74) is 0. The van der Waals surface area contributed by atoms with Gasteiger partial charge in [-0.25, -0.2) is 4.79 Å². The second-order valence-corrected chi connectivity index (χ2v) is 18.1. The van der Waals surface area contributed by atoms with Crippen LogP contribution in [0.25, 0.3) is 0 Å². The molecule has 0 spiro atoms. The third kappa shape index (κ3) is 35.8. The maximum Gasteiger partial charge on any atom is 0.335 e. The van der Waals surface area contributed by atoms with E-state index in [-0.39, 0.29) is 25.9 Å². The van der Waals surface area contributed by atoms with Gasteiger partial charge < -0.3 is 39.0 Å². The number of hydrogen-bond acceptors (Lipinski definition) is 11. The lowest BCUT2D eigenvalue weighted by molar-refractivity contribution is -0.301. The molecular formula is C57H94O12. The molecule has 12 nitrogen and oxygen atoms in total. The van der Waals surface area contributed by atoms with Crippen LogP contribution >= 0.6 is 0 Å². The number of rotatable bonds is 44. The summed E-state index contributed by atoms with van der Waals surface area (Å²) in [4.78, 5) is 50.7. The van der Waals surface area contributed by atoms with Gasteiger partial charge in [0.05, 0.1) is 6.61 Å². The number of hydrogen-bond donors (Lipinski definition) is 3. The Kier molecular flexibility index (Phi) is 41.5. The highest BCUT2D eigenvalue weighted by Crippen LogP contribution is 2.26. The predicted octanol–water partition coefficient (Wildman–Crippen LogP) is 13.0. The summed E-state index contributed by atoms with van der Waals surface area (Å²) in [5.74, 6) is -3.23. The topological polar surface area (TPSA) is 175 Å². The Morgan fingerprint density at radius 2 is 0.913 bits per heavy atom. The molecular weight excluding hydrogens is 877 g/mol. The van der Waals surface area contributed by atoms with Gasteiger partial charge in [-0.15, -0.1) is 0 Å². The molecule has 0 aromatic rings. The highest BCUT2D eigenvalue weighted by atomic mass is 16.7. The Bertz CT molecular complexity index is 1480. The Labute approximate surface area is 417 Å². The predicted molar refractivity (Wildman–Crippen MR) is 275 cm³/mol. The van der Waals surface area contributed by atoms with Gasteiger partial charge in [0, 0.05) is 19.3 Å². The summed E-state index contributed by atoms with van der Waals surface area (Å²) < 4.78 is 28.2. The van der Waals surface area contributed by atoms with Crippen molar-refractivity contribution in [1.82, 2.24) is 0 Å². The van der Waals surface area contributed by atoms with Crippen molar-refractivity contribution in [3.63, 3.8) is 0 Å². The molecule has 394 valence electrons. The van der Waals surface area contributed by atoms with Crippen molar-refractivity contribution >= 4 is 23.9 Å². The molecule has 0 saturated carbocycles. The first-order valence-corrected chi connectivity index (χ1v) is 26.9. The molecule has 1 rings (SSSR count). The molecule has 1 saturated heterocycles. The standard InChI is InChI=1S/C57H94O12/c1-4-7-10-13-16-19-21-22-23-24-25-26-27-28-30-33-36-39-42-45-51(60)68-55-53(62)52(61)54(56(63)64)69-57(55)66-47-48(67-50(59)44-41-38-35-31-18-15-12-9-6-3)46-65-49(58)43-40-37-34-32-29-20-17-14-11-8-5-2/h7,10,16,19,22-23,25-26,28,30,36,39,48,52-55,57,61-62H,4-6,8-9,11-15,17-18,20-21,24,27,29,31-35,37-38,40-47H2,1-3H3,(H,63,64)/b10-7-,19-16-,23-22-,26-25-,30-28-,39-36-. The van der Waals surface area contributed by atoms with Crippen LogP contribution in [0.15, 0.2) is 72.9 Å². The van der Waals surface area contributed by atoms with Crippen LogP contribution in [0.3, 0.4) is 0 Å². The molecule has 0 radical (unpaired) electrons. The minimum atomic E-state index is -1.93. The van der Waals surface area contributed by atoms with E-state index < -0.39 is 67.3 Å². The van der Waals surface area contributed by atoms with Crippen molar-refractivity contribution < 1.29 is 58.2 Å². The first-order valence-electron chi connectivity index (χ1n) is 26.9. The molecule has 6 atom stereocenters. The fourth-order valence-corrected chi connectivity index (χ4v) is 7.69. The van der Waals surface area contributed by atoms with Gasteiger partial charge in [-0.1, -0.05) is 209 Å². The highest BCUT2D eigenvalue weighted by molar-refractivity contribution is 5.74. The number of aliphatic carboxylic acids is 1. The highest BCUT2D eigenvalue weighted by Gasteiger charge is 2.50. The molecule has 1 heterocycles. The van der Waals surface area contributed by atoms with Gasteiger partial charge in [0.15, 0.2) is 24.6 Å². The van der Waals surface area contributed by atoms with E-state index in [9.17, 15) is 34.5 Å². The van der Waals surface area contributed by atoms with Crippen LogP contribution in [0.1, 0.15) is 213 Å². The molecule has 12 heteroatoms. The van der Waals surface area contributed by atoms with Crippen LogP contribution in [0.5, 0.6) is 0 Å². The number of carboxylic acids is 1. The smallest absolute Gasteiger partial charge is 0.335 e. The Balaban J connectivity index is 2.73. The minimum Gasteiger partial charge on any atom is -0.479 e. The SMILES string of the molecule is CC/C=C\C/C=C\C/C=C\C/C=C\C/C=C\C/C=C\CCC(=O)OC1C(OCC(COC(=O)CCCCCCCCCCCCC)OC(=O)CCCCCCCCCCC)OC(C(=O)O)C(O)C1O. The quantitative estimate of drug-likeness (QED) is 0.0228. The molecule has 1 aliphatic heterocycles. The van der Waals surface area contributed by atoms with Gasteiger partial charge in [0.25, 0.3) is 0 Å². The van der Waals surface area contributed by atoms with E-state index in [1.54, 1.807) is 0 Å². The van der Waals surface area contributed by atoms with E-state index in [1.807, 2.05) is 18.2 Å². The van der Waals surface area contributed by atoms with E-state index >= 15 is 0 Å². The zero-order chi connectivity index (χ0) is 50.4. The van der Waals surface area contributed by atoms with Crippen molar-refractivity contribution in [1.29, 1.82) is 0 Å². The maximum atomic E-state index is 13.0. The van der Waals surface area contributed by atoms with Gasteiger partial charge in [0.1, 0.15) is 18.8 Å². The largest absolute Gasteiger partial charge is 0.479 e. The normalized spacial score (nSPS) is 19.2. The van der Waals surface area contributed by atoms with Gasteiger partial charge in [-0.3, -0.25) is 14.4 Å². The number of aliphatic hydroxyl groups is 2. The lowest BCUT2D eigenvalue weighted by Crippen LogP contribution is -2.61. The first kappa shape index (κ1) is 63.2. The number of allylic oxidation sites excluding steroid dienone is 12. The van der Waals surface area contributed by atoms with E-state index in [0.717, 1.165) is 70.6 Å². The van der Waals surface area contributed by atoms with Crippen molar-refractivity contribution in [2.45, 2.75) is 250 Å². The fourth-order valence-electron chi connectivity index (χ4n) is 7.69. The molecule has 3 N–H and O–H groups in total. The third-order valence-corrected chi connectivity index (χ3v) is 11.8. The van der Waals surface area contributed by atoms with E-state index in [4.69, 9.17) is 23.7 Å². The number of carboxylic acid groups (broad SMARTS) is 1. The number of carbonyl (C=O) groups is 4. The number of ether oxygens (including phenoxy) is 5. The Morgan fingerprint density at radius 1 is 0.493 bits per heavy atom. The van der Waals surface area contributed by atoms with E-state index in [2.05, 4.69) is 75.5 Å². The summed E-state index contributed by atoms with van der Waals surface area (Å²) in [6.45, 7) is 5.79. The van der Waals surface area contributed by atoms with Crippen LogP contribution in [0.4, 0.5) is 0 Å². The monoisotopic (exact) mass is 971 g/mol. The van der Waals surface area contributed by atoms with Crippen LogP contribution in [0.2, 0.25) is 0 Å². The maximum absolute atomic E-state index is 13.0. The van der Waals surface area contributed by atoms with Crippen LogP contribution in [-0.2, 0) is 42.9 Å². The molecule has 1 fully saturated rings. The lowest BCUT2D eigenvalue weighted by Gasteiger charge is -2.40. The molecule has 0 aromatic carbocycles. The Morgan fingerprint density at radius 3 is 1.36 bits per heavy atom. The molecule has 0 bridgehead atoms. The average molecular weight is 971 g/mol. The molecule has 69 heavy (non-hydrogen) atoms. The van der Waals surface area contributed by atoms with Crippen molar-refractivity contribution in [3.8, 4) is 0 Å². The van der Waals surface area contributed by atoms with Crippen LogP contribution < -0.4 is 0 Å². The Hall–Kier alpha value is -3.84. The van der Waals surface area contributed by atoms with Gasteiger partial charge in [0.2, 0.25) is 0 Å². The summed E-state index contributed by atoms with van der Waals surface area (Å²) in [5, 5.41) is 31.3. The summed E-state index contributed by atoms with van der Waals surface area (Å²) in [7, 11) is 0. The van der Waals surface area contributed by atoms with Gasteiger partial charge in [-0.2, -0.15) is 0 Å². The average Bonchev–Trinajstić information content (AvgIpc) is 3.33. The lowest BCUT2D eigenvalue weighted by atomic mass is 9.98. The zero-order valence-electron chi connectivity index (χ0n) is 43.0. The fraction of sp³-hybridized carbons (Fsp3) is 0.719. The zero-order valence-corrected chi connectivity index (χ0v) is 43.0. The van der Waals surface area contributed by atoms with E-state index in [0.29, 0.717) is 25.7 Å². The van der Waals surface area contributed by atoms with Crippen molar-refractivity contribution in [2.75, 3.05) is 13.2 Å². The van der Waals surface area contributed by atoms with Gasteiger partial charge in [-0.05, 0) is 57.8 Å². The molecule has 1 aliphatic rings. The van der Waals surface area contributed by atoms with E-state index in [1.165, 1.54) is 77.0 Å². The molecule has 0 aromatic heterocycles. The summed E-state index contributed by atoms with van der Waals surface area (Å²) >= 11 is 0. The second-order valence-electron chi connectivity index (χ2n) is 18.1. The third-order valence-electron chi connectivity index (χ3n) is 11.8. The second kappa shape index (κ2) is 45.3. The van der Waals surface area contributed by atoms with Crippen molar-refractivity contribution in [3.05, 3.63) is 72.9 Å².